The zero-order valence-electron chi connectivity index (χ0n) is 13.4. The van der Waals surface area contributed by atoms with Crippen molar-refractivity contribution in [2.75, 3.05) is 14.2 Å². The number of hydrogen-bond donors (Lipinski definition) is 1. The van der Waals surface area contributed by atoms with Crippen LogP contribution in [0.5, 0.6) is 5.75 Å². The molecule has 0 saturated carbocycles. The maximum absolute atomic E-state index is 11.8. The summed E-state index contributed by atoms with van der Waals surface area (Å²) in [5.41, 5.74) is -0.665. The molecule has 0 unspecified atom stereocenters. The molecule has 0 aliphatic rings. The van der Waals surface area contributed by atoms with Crippen LogP contribution < -0.4 is 10.1 Å². The molecule has 0 bridgehead atoms. The van der Waals surface area contributed by atoms with E-state index in [0.717, 1.165) is 0 Å². The minimum atomic E-state index is -0.937. The maximum Gasteiger partial charge on any atom is 0.408 e. The summed E-state index contributed by atoms with van der Waals surface area (Å²) in [5.74, 6) is 0.260. The number of amides is 1. The number of carbonyl (C=O) groups is 2. The Hall–Kier alpha value is -2.38. The fourth-order valence-corrected chi connectivity index (χ4v) is 1.52. The van der Waals surface area contributed by atoms with Crippen molar-refractivity contribution in [2.24, 2.45) is 0 Å². The Balaban J connectivity index is 2.75. The Morgan fingerprint density at radius 2 is 1.82 bits per heavy atom. The zero-order valence-corrected chi connectivity index (χ0v) is 13.4. The van der Waals surface area contributed by atoms with Crippen LogP contribution in [0.15, 0.2) is 12.4 Å². The molecule has 1 N–H and O–H groups in total. The quantitative estimate of drug-likeness (QED) is 0.812. The van der Waals surface area contributed by atoms with Crippen molar-refractivity contribution >= 4 is 12.1 Å². The van der Waals surface area contributed by atoms with Gasteiger partial charge >= 0.3 is 12.1 Å². The van der Waals surface area contributed by atoms with Gasteiger partial charge in [0.2, 0.25) is 0 Å². The molecule has 1 amide bonds. The van der Waals surface area contributed by atoms with Crippen LogP contribution in [0.3, 0.4) is 0 Å². The van der Waals surface area contributed by atoms with Gasteiger partial charge in [-0.2, -0.15) is 0 Å². The molecular formula is C14H21N3O5. The van der Waals surface area contributed by atoms with Gasteiger partial charge in [0.1, 0.15) is 17.5 Å². The normalized spacial score (nSPS) is 12.2. The van der Waals surface area contributed by atoms with Crippen molar-refractivity contribution in [1.29, 1.82) is 0 Å². The number of esters is 1. The first-order valence-corrected chi connectivity index (χ1v) is 6.67. The highest BCUT2D eigenvalue weighted by Gasteiger charge is 2.26. The number of methoxy groups -OCH3 is 2. The minimum absolute atomic E-state index is 0.0793. The molecular weight excluding hydrogens is 290 g/mol. The van der Waals surface area contributed by atoms with Crippen molar-refractivity contribution in [3.05, 3.63) is 18.2 Å². The number of nitrogens with zero attached hydrogens (tertiary/aromatic N) is 2. The largest absolute Gasteiger partial charge is 0.494 e. The predicted molar refractivity (Wildman–Crippen MR) is 77.5 cm³/mol. The lowest BCUT2D eigenvalue weighted by molar-refractivity contribution is -0.143. The van der Waals surface area contributed by atoms with Crippen molar-refractivity contribution in [2.45, 2.75) is 38.8 Å². The molecule has 22 heavy (non-hydrogen) atoms. The van der Waals surface area contributed by atoms with E-state index in [2.05, 4.69) is 20.0 Å². The van der Waals surface area contributed by atoms with E-state index in [0.29, 0.717) is 11.6 Å². The number of rotatable bonds is 5. The van der Waals surface area contributed by atoms with E-state index in [1.165, 1.54) is 26.6 Å². The molecule has 0 radical (unpaired) electrons. The second-order valence-corrected chi connectivity index (χ2v) is 5.47. The number of aromatic nitrogens is 2. The van der Waals surface area contributed by atoms with Gasteiger partial charge < -0.3 is 19.5 Å². The lowest BCUT2D eigenvalue weighted by Crippen LogP contribution is -2.45. The van der Waals surface area contributed by atoms with Crippen LogP contribution >= 0.6 is 0 Å². The minimum Gasteiger partial charge on any atom is -0.494 e. The fourth-order valence-electron chi connectivity index (χ4n) is 1.52. The monoisotopic (exact) mass is 311 g/mol. The van der Waals surface area contributed by atoms with E-state index in [4.69, 9.17) is 9.47 Å². The lowest BCUT2D eigenvalue weighted by Gasteiger charge is -2.22. The highest BCUT2D eigenvalue weighted by molar-refractivity contribution is 5.81. The van der Waals surface area contributed by atoms with Crippen LogP contribution in [0.1, 0.15) is 26.6 Å². The first-order chi connectivity index (χ1) is 10.2. The van der Waals surface area contributed by atoms with Gasteiger partial charge in [0.05, 0.1) is 26.6 Å². The predicted octanol–water partition coefficient (Wildman–Crippen LogP) is 1.09. The third-order valence-electron chi connectivity index (χ3n) is 2.48. The zero-order chi connectivity index (χ0) is 16.8. The van der Waals surface area contributed by atoms with Crippen molar-refractivity contribution < 1.29 is 23.8 Å². The molecule has 0 aromatic carbocycles. The summed E-state index contributed by atoms with van der Waals surface area (Å²) in [4.78, 5) is 31.6. The molecule has 1 aromatic rings. The number of ether oxygens (including phenoxy) is 3. The third kappa shape index (κ3) is 5.94. The fraction of sp³-hybridized carbons (Fsp3) is 0.571. The van der Waals surface area contributed by atoms with Crippen molar-refractivity contribution in [3.63, 3.8) is 0 Å². The van der Waals surface area contributed by atoms with Crippen molar-refractivity contribution in [1.82, 2.24) is 15.3 Å². The average molecular weight is 311 g/mol. The van der Waals surface area contributed by atoms with Crippen LogP contribution in [0, 0.1) is 0 Å². The molecule has 1 aromatic heterocycles. The summed E-state index contributed by atoms with van der Waals surface area (Å²) in [5, 5.41) is 2.45. The van der Waals surface area contributed by atoms with Gasteiger partial charge in [-0.3, -0.25) is 0 Å². The van der Waals surface area contributed by atoms with E-state index in [1.807, 2.05) is 0 Å². The molecule has 1 atom stereocenters. The van der Waals surface area contributed by atoms with Gasteiger partial charge in [0.25, 0.3) is 0 Å². The van der Waals surface area contributed by atoms with Crippen LogP contribution in [0.25, 0.3) is 0 Å². The van der Waals surface area contributed by atoms with Gasteiger partial charge in [0, 0.05) is 6.42 Å². The Kier molecular flexibility index (Phi) is 6.09. The topological polar surface area (TPSA) is 99.6 Å². The molecule has 1 heterocycles. The van der Waals surface area contributed by atoms with E-state index in [9.17, 15) is 9.59 Å². The Bertz CT molecular complexity index is 510. The van der Waals surface area contributed by atoms with Crippen LogP contribution in [0.2, 0.25) is 0 Å². The van der Waals surface area contributed by atoms with Crippen LogP contribution in [0.4, 0.5) is 4.79 Å². The third-order valence-corrected chi connectivity index (χ3v) is 2.48. The van der Waals surface area contributed by atoms with E-state index < -0.39 is 23.7 Å². The number of carbonyl (C=O) groups excluding carboxylic acids is 2. The van der Waals surface area contributed by atoms with Gasteiger partial charge in [-0.1, -0.05) is 0 Å². The molecule has 0 aliphatic carbocycles. The molecule has 8 heteroatoms. The highest BCUT2D eigenvalue weighted by atomic mass is 16.6. The maximum atomic E-state index is 11.8. The standard InChI is InChI=1S/C14H21N3O5/c1-14(2,3)22-13(19)17-10(12(18)21-5)6-11-15-7-9(20-4)8-16-11/h7-8,10H,6H2,1-5H3,(H,17,19)/t10-/m0/s1. The molecule has 1 rings (SSSR count). The summed E-state index contributed by atoms with van der Waals surface area (Å²) >= 11 is 0. The van der Waals surface area contributed by atoms with E-state index >= 15 is 0 Å². The summed E-state index contributed by atoms with van der Waals surface area (Å²) in [7, 11) is 2.74. The van der Waals surface area contributed by atoms with E-state index in [-0.39, 0.29) is 6.42 Å². The summed E-state index contributed by atoms with van der Waals surface area (Å²) < 4.78 is 14.7. The van der Waals surface area contributed by atoms with Crippen LogP contribution in [-0.2, 0) is 20.7 Å². The summed E-state index contributed by atoms with van der Waals surface area (Å²) in [6.07, 6.45) is 2.32. The smallest absolute Gasteiger partial charge is 0.408 e. The Morgan fingerprint density at radius 1 is 1.23 bits per heavy atom. The first-order valence-electron chi connectivity index (χ1n) is 6.67. The van der Waals surface area contributed by atoms with Crippen molar-refractivity contribution in [3.8, 4) is 5.75 Å². The second kappa shape index (κ2) is 7.58. The first kappa shape index (κ1) is 17.7. The SMILES string of the molecule is COC(=O)[C@H](Cc1ncc(OC)cn1)NC(=O)OC(C)(C)C. The van der Waals surface area contributed by atoms with Gasteiger partial charge in [-0.15, -0.1) is 0 Å². The highest BCUT2D eigenvalue weighted by Crippen LogP contribution is 2.09. The summed E-state index contributed by atoms with van der Waals surface area (Å²) in [6, 6.07) is -0.937. The Morgan fingerprint density at radius 3 is 2.27 bits per heavy atom. The lowest BCUT2D eigenvalue weighted by atomic mass is 10.2. The van der Waals surface area contributed by atoms with Gasteiger partial charge in [0.15, 0.2) is 5.75 Å². The number of hydrogen-bond acceptors (Lipinski definition) is 7. The summed E-state index contributed by atoms with van der Waals surface area (Å²) in [6.45, 7) is 5.19. The average Bonchev–Trinajstić information content (AvgIpc) is 2.44. The molecule has 0 saturated heterocycles. The van der Waals surface area contributed by atoms with Gasteiger partial charge in [-0.25, -0.2) is 19.6 Å². The Labute approximate surface area is 129 Å². The molecule has 0 aliphatic heterocycles. The van der Waals surface area contributed by atoms with Gasteiger partial charge in [-0.05, 0) is 20.8 Å². The molecule has 0 fully saturated rings. The second-order valence-electron chi connectivity index (χ2n) is 5.47. The number of alkyl carbamates (subject to hydrolysis) is 1. The number of nitrogens with one attached hydrogen (secondary N) is 1. The molecule has 122 valence electrons. The molecule has 0 spiro atoms. The van der Waals surface area contributed by atoms with Crippen LogP contribution in [-0.4, -0.2) is 47.9 Å². The van der Waals surface area contributed by atoms with E-state index in [1.54, 1.807) is 20.8 Å². The molecule has 8 nitrogen and oxygen atoms in total.